The van der Waals surface area contributed by atoms with Crippen LogP contribution in [-0.4, -0.2) is 0 Å². The van der Waals surface area contributed by atoms with Crippen molar-refractivity contribution in [2.24, 2.45) is 0 Å². The molecule has 0 fully saturated rings. The molecule has 0 saturated heterocycles. The molecule has 0 aromatic carbocycles. The van der Waals surface area contributed by atoms with Crippen LogP contribution in [-0.2, 0) is 16.8 Å². The van der Waals surface area contributed by atoms with Crippen LogP contribution in [0, 0.1) is 0 Å². The first-order chi connectivity index (χ1) is 0. The van der Waals surface area contributed by atoms with Gasteiger partial charge in [0.2, 0.25) is 0 Å². The normalized spacial score (nSPS) is 0. The molecule has 0 saturated carbocycles. The Hall–Kier alpha value is 0.386. The van der Waals surface area contributed by atoms with Gasteiger partial charge in [-0.15, -0.1) is 0 Å². The van der Waals surface area contributed by atoms with Gasteiger partial charge in [0.1, 0.15) is 0 Å². The van der Waals surface area contributed by atoms with E-state index in [0.717, 1.165) is 0 Å². The van der Waals surface area contributed by atoms with Gasteiger partial charge in [-0.1, -0.05) is 0 Å². The van der Waals surface area contributed by atoms with Crippen LogP contribution in [0.1, 0.15) is 0 Å². The standard InChI is InChI=1S/Co.3H2N/h;3*1H2/q+3;3*-1. The predicted octanol–water partition coefficient (Wildman–Crippen LogP) is 2.15. The molecule has 4 heteroatoms. The van der Waals surface area contributed by atoms with Crippen LogP contribution in [0.15, 0.2) is 0 Å². The van der Waals surface area contributed by atoms with Crippen molar-refractivity contribution >= 4 is 0 Å². The minimum atomic E-state index is 0. The SMILES string of the molecule is [Co+3].[NH2-].[NH2-].[NH2-]. The molecular formula is H6CoN3. The van der Waals surface area contributed by atoms with Crippen molar-refractivity contribution in [1.29, 1.82) is 0 Å². The number of rotatable bonds is 0. The van der Waals surface area contributed by atoms with Crippen LogP contribution in [0.4, 0.5) is 0 Å². The third kappa shape index (κ3) is 30.7. The Labute approximate surface area is 36.1 Å². The van der Waals surface area contributed by atoms with Crippen molar-refractivity contribution in [3.63, 3.8) is 0 Å². The average Bonchev–Trinajstić information content (AvgIpc) is 0. The van der Waals surface area contributed by atoms with Crippen LogP contribution in [0.25, 0.3) is 18.5 Å². The summed E-state index contributed by atoms with van der Waals surface area (Å²) in [6.07, 6.45) is 0. The summed E-state index contributed by atoms with van der Waals surface area (Å²) in [5, 5.41) is 0. The first kappa shape index (κ1) is 337. The largest absolute Gasteiger partial charge is 3.00 e. The molecular weight excluding hydrogens is 101 g/mol. The van der Waals surface area contributed by atoms with E-state index in [2.05, 4.69) is 0 Å². The second-order valence-corrected chi connectivity index (χ2v) is 0. The van der Waals surface area contributed by atoms with Crippen LogP contribution in [0.5, 0.6) is 0 Å². The Kier molecular flexibility index (Phi) is 10900. The Balaban J connectivity index is 0. The summed E-state index contributed by atoms with van der Waals surface area (Å²) in [6.45, 7) is 0. The summed E-state index contributed by atoms with van der Waals surface area (Å²) in [4.78, 5) is 0. The maximum Gasteiger partial charge on any atom is 3.00 e. The first-order valence-corrected chi connectivity index (χ1v) is 0. The quantitative estimate of drug-likeness (QED) is 0.452. The summed E-state index contributed by atoms with van der Waals surface area (Å²) in [6, 6.07) is 0. The second-order valence-electron chi connectivity index (χ2n) is 0. The van der Waals surface area contributed by atoms with Gasteiger partial charge in [0.25, 0.3) is 0 Å². The molecule has 0 aliphatic rings. The number of nitrogens with two attached hydrogens (primary N) is 3. The molecule has 30 valence electrons. The van der Waals surface area contributed by atoms with Gasteiger partial charge in [0, 0.05) is 0 Å². The summed E-state index contributed by atoms with van der Waals surface area (Å²) in [7, 11) is 0. The number of hydrogen-bond acceptors (Lipinski definition) is 0. The van der Waals surface area contributed by atoms with E-state index in [-0.39, 0.29) is 35.2 Å². The van der Waals surface area contributed by atoms with E-state index in [0.29, 0.717) is 0 Å². The van der Waals surface area contributed by atoms with E-state index >= 15 is 0 Å². The third-order valence-electron chi connectivity index (χ3n) is 0. The molecule has 0 rings (SSSR count). The van der Waals surface area contributed by atoms with E-state index in [4.69, 9.17) is 0 Å². The zero-order valence-corrected chi connectivity index (χ0v) is 3.11. The van der Waals surface area contributed by atoms with Crippen molar-refractivity contribution < 1.29 is 16.8 Å². The molecule has 0 heterocycles. The van der Waals surface area contributed by atoms with Crippen molar-refractivity contribution in [3.05, 3.63) is 18.5 Å². The van der Waals surface area contributed by atoms with Crippen LogP contribution < -0.4 is 0 Å². The van der Waals surface area contributed by atoms with Gasteiger partial charge in [-0.2, -0.15) is 0 Å². The minimum Gasteiger partial charge on any atom is -0.693 e. The monoisotopic (exact) mass is 107 g/mol. The van der Waals surface area contributed by atoms with Gasteiger partial charge >= 0.3 is 16.8 Å². The van der Waals surface area contributed by atoms with E-state index in [1.807, 2.05) is 0 Å². The van der Waals surface area contributed by atoms with Crippen molar-refractivity contribution in [2.45, 2.75) is 0 Å². The van der Waals surface area contributed by atoms with Crippen molar-refractivity contribution in [2.75, 3.05) is 0 Å². The molecule has 0 atom stereocenters. The van der Waals surface area contributed by atoms with E-state index in [9.17, 15) is 0 Å². The van der Waals surface area contributed by atoms with E-state index in [1.165, 1.54) is 0 Å². The summed E-state index contributed by atoms with van der Waals surface area (Å²) in [5.74, 6) is 0. The third-order valence-corrected chi connectivity index (χ3v) is 0. The molecule has 6 N–H and O–H groups in total. The number of hydrogen-bond donors (Lipinski definition) is 0. The van der Waals surface area contributed by atoms with Crippen LogP contribution in [0.3, 0.4) is 0 Å². The molecule has 4 heavy (non-hydrogen) atoms. The molecule has 0 aromatic heterocycles. The topological polar surface area (TPSA) is 100 Å². The molecule has 0 radical (unpaired) electrons. The zero-order valence-electron chi connectivity index (χ0n) is 2.07. The van der Waals surface area contributed by atoms with Crippen molar-refractivity contribution in [1.82, 2.24) is 0 Å². The Morgan fingerprint density at radius 1 is 0.500 bits per heavy atom. The summed E-state index contributed by atoms with van der Waals surface area (Å²) < 4.78 is 0. The molecule has 0 amide bonds. The maximum atomic E-state index is 0. The summed E-state index contributed by atoms with van der Waals surface area (Å²) >= 11 is 0. The minimum absolute atomic E-state index is 0. The zero-order chi connectivity index (χ0) is 0. The van der Waals surface area contributed by atoms with Gasteiger partial charge < -0.3 is 18.5 Å². The average molecular weight is 107 g/mol. The second kappa shape index (κ2) is 129. The Morgan fingerprint density at radius 2 is 0.500 bits per heavy atom. The first-order valence-electron chi connectivity index (χ1n) is 0. The fraction of sp³-hybridized carbons (Fsp3) is 0. The van der Waals surface area contributed by atoms with Crippen LogP contribution in [0.2, 0.25) is 0 Å². The Morgan fingerprint density at radius 3 is 0.500 bits per heavy atom. The Bertz CT molecular complexity index is 3.25. The molecule has 0 aromatic rings. The van der Waals surface area contributed by atoms with Crippen molar-refractivity contribution in [3.8, 4) is 0 Å². The van der Waals surface area contributed by atoms with Gasteiger partial charge in [-0.05, 0) is 0 Å². The predicted molar refractivity (Wildman–Crippen MR) is 15.9 cm³/mol. The van der Waals surface area contributed by atoms with Gasteiger partial charge in [-0.25, -0.2) is 0 Å². The van der Waals surface area contributed by atoms with Crippen LogP contribution >= 0.6 is 0 Å². The molecule has 0 bridgehead atoms. The fourth-order valence-corrected chi connectivity index (χ4v) is 0. The molecule has 3 nitrogen and oxygen atoms in total. The smallest absolute Gasteiger partial charge is 0.693 e. The van der Waals surface area contributed by atoms with Gasteiger partial charge in [0.05, 0.1) is 0 Å². The van der Waals surface area contributed by atoms with E-state index < -0.39 is 0 Å². The maximum absolute atomic E-state index is 0. The van der Waals surface area contributed by atoms with E-state index in [1.54, 1.807) is 0 Å². The fourth-order valence-electron chi connectivity index (χ4n) is 0. The molecule has 0 unspecified atom stereocenters. The molecule has 0 spiro atoms. The molecule has 0 aliphatic heterocycles. The molecule has 0 aliphatic carbocycles. The van der Waals surface area contributed by atoms with Gasteiger partial charge in [0.15, 0.2) is 0 Å². The van der Waals surface area contributed by atoms with Gasteiger partial charge in [-0.3, -0.25) is 0 Å². The summed E-state index contributed by atoms with van der Waals surface area (Å²) in [5.41, 5.74) is 0.